The van der Waals surface area contributed by atoms with Crippen molar-refractivity contribution in [3.05, 3.63) is 36.0 Å². The molecule has 0 aliphatic heterocycles. The largest absolute Gasteiger partial charge is 0.319 e. The fraction of sp³-hybridized carbons (Fsp3) is 0.273. The maximum atomic E-state index is 12.9. The maximum Gasteiger partial charge on any atom is 0.125 e. The van der Waals surface area contributed by atoms with E-state index >= 15 is 0 Å². The summed E-state index contributed by atoms with van der Waals surface area (Å²) in [5, 5.41) is 3.98. The lowest BCUT2D eigenvalue weighted by molar-refractivity contribution is 0.629. The van der Waals surface area contributed by atoms with Crippen molar-refractivity contribution in [2.24, 2.45) is 0 Å². The molecule has 0 aliphatic carbocycles. The molecule has 4 heteroatoms. The molecular formula is C11H12FN3. The number of aromatic nitrogens is 2. The van der Waals surface area contributed by atoms with E-state index in [0.717, 1.165) is 24.0 Å². The average molecular weight is 205 g/mol. The SMILES string of the molecule is CNCCc1ncnc2cc(F)ccc12. The van der Waals surface area contributed by atoms with Crippen LogP contribution in [0.4, 0.5) is 4.39 Å². The standard InChI is InChI=1S/C11H12FN3/c1-13-5-4-10-9-3-2-8(12)6-11(9)15-7-14-10/h2-3,6-7,13H,4-5H2,1H3. The quantitative estimate of drug-likeness (QED) is 0.825. The lowest BCUT2D eigenvalue weighted by Crippen LogP contribution is -2.11. The molecule has 0 radical (unpaired) electrons. The Labute approximate surface area is 87.4 Å². The molecule has 1 heterocycles. The van der Waals surface area contributed by atoms with Crippen LogP contribution in [0, 0.1) is 5.82 Å². The van der Waals surface area contributed by atoms with Gasteiger partial charge in [0, 0.05) is 24.4 Å². The van der Waals surface area contributed by atoms with Gasteiger partial charge in [0.25, 0.3) is 0 Å². The zero-order valence-corrected chi connectivity index (χ0v) is 8.50. The highest BCUT2D eigenvalue weighted by molar-refractivity contribution is 5.80. The van der Waals surface area contributed by atoms with E-state index in [9.17, 15) is 4.39 Å². The molecule has 0 bridgehead atoms. The molecule has 2 aromatic rings. The van der Waals surface area contributed by atoms with Gasteiger partial charge in [0.05, 0.1) is 11.2 Å². The fourth-order valence-electron chi connectivity index (χ4n) is 1.53. The molecule has 0 unspecified atom stereocenters. The van der Waals surface area contributed by atoms with E-state index in [1.807, 2.05) is 7.05 Å². The normalized spacial score (nSPS) is 10.8. The minimum atomic E-state index is -0.263. The second-order valence-corrected chi connectivity index (χ2v) is 3.34. The molecule has 15 heavy (non-hydrogen) atoms. The third kappa shape index (κ3) is 2.10. The zero-order chi connectivity index (χ0) is 10.7. The lowest BCUT2D eigenvalue weighted by Gasteiger charge is -2.04. The van der Waals surface area contributed by atoms with Crippen LogP contribution < -0.4 is 5.32 Å². The number of halogens is 1. The zero-order valence-electron chi connectivity index (χ0n) is 8.50. The molecule has 0 fully saturated rings. The fourth-order valence-corrected chi connectivity index (χ4v) is 1.53. The van der Waals surface area contributed by atoms with Gasteiger partial charge in [-0.25, -0.2) is 14.4 Å². The van der Waals surface area contributed by atoms with Crippen LogP contribution in [-0.2, 0) is 6.42 Å². The molecule has 0 saturated heterocycles. The minimum Gasteiger partial charge on any atom is -0.319 e. The van der Waals surface area contributed by atoms with Gasteiger partial charge in [-0.3, -0.25) is 0 Å². The van der Waals surface area contributed by atoms with Crippen LogP contribution in [0.2, 0.25) is 0 Å². The Morgan fingerprint density at radius 2 is 2.20 bits per heavy atom. The molecule has 1 aromatic carbocycles. The van der Waals surface area contributed by atoms with Crippen molar-refractivity contribution in [3.63, 3.8) is 0 Å². The second-order valence-electron chi connectivity index (χ2n) is 3.34. The highest BCUT2D eigenvalue weighted by atomic mass is 19.1. The number of rotatable bonds is 3. The van der Waals surface area contributed by atoms with Gasteiger partial charge in [-0.05, 0) is 19.2 Å². The van der Waals surface area contributed by atoms with Crippen LogP contribution in [0.25, 0.3) is 10.9 Å². The van der Waals surface area contributed by atoms with Crippen molar-refractivity contribution in [2.45, 2.75) is 6.42 Å². The minimum absolute atomic E-state index is 0.263. The van der Waals surface area contributed by atoms with E-state index in [2.05, 4.69) is 15.3 Å². The molecule has 0 amide bonds. The number of nitrogens with zero attached hydrogens (tertiary/aromatic N) is 2. The van der Waals surface area contributed by atoms with Gasteiger partial charge in [0.2, 0.25) is 0 Å². The topological polar surface area (TPSA) is 37.8 Å². The predicted molar refractivity (Wildman–Crippen MR) is 57.1 cm³/mol. The smallest absolute Gasteiger partial charge is 0.125 e. The van der Waals surface area contributed by atoms with E-state index in [0.29, 0.717) is 5.52 Å². The van der Waals surface area contributed by atoms with Crippen LogP contribution >= 0.6 is 0 Å². The molecule has 78 valence electrons. The monoisotopic (exact) mass is 205 g/mol. The molecule has 0 atom stereocenters. The van der Waals surface area contributed by atoms with Crippen molar-refractivity contribution >= 4 is 10.9 Å². The van der Waals surface area contributed by atoms with Gasteiger partial charge in [-0.2, -0.15) is 0 Å². The Morgan fingerprint density at radius 1 is 1.33 bits per heavy atom. The van der Waals surface area contributed by atoms with Crippen molar-refractivity contribution in [1.29, 1.82) is 0 Å². The van der Waals surface area contributed by atoms with Crippen LogP contribution in [0.15, 0.2) is 24.5 Å². The Morgan fingerprint density at radius 3 is 3.00 bits per heavy atom. The number of likely N-dealkylation sites (N-methyl/N-ethyl adjacent to an activating group) is 1. The summed E-state index contributed by atoms with van der Waals surface area (Å²) in [6.45, 7) is 0.851. The first-order chi connectivity index (χ1) is 7.31. The summed E-state index contributed by atoms with van der Waals surface area (Å²) in [4.78, 5) is 8.24. The van der Waals surface area contributed by atoms with Gasteiger partial charge in [-0.1, -0.05) is 0 Å². The van der Waals surface area contributed by atoms with Crippen LogP contribution in [-0.4, -0.2) is 23.6 Å². The molecule has 0 spiro atoms. The van der Waals surface area contributed by atoms with Crippen molar-refractivity contribution in [3.8, 4) is 0 Å². The summed E-state index contributed by atoms with van der Waals surface area (Å²) >= 11 is 0. The Hall–Kier alpha value is -1.55. The summed E-state index contributed by atoms with van der Waals surface area (Å²) in [7, 11) is 1.89. The molecule has 1 aromatic heterocycles. The first kappa shape index (κ1) is 9.98. The summed E-state index contributed by atoms with van der Waals surface area (Å²) < 4.78 is 12.9. The van der Waals surface area contributed by atoms with E-state index in [1.165, 1.54) is 18.5 Å². The van der Waals surface area contributed by atoms with Gasteiger partial charge in [0.15, 0.2) is 0 Å². The molecular weight excluding hydrogens is 193 g/mol. The van der Waals surface area contributed by atoms with Gasteiger partial charge in [0.1, 0.15) is 12.1 Å². The molecule has 3 nitrogen and oxygen atoms in total. The maximum absolute atomic E-state index is 12.9. The van der Waals surface area contributed by atoms with Crippen molar-refractivity contribution in [1.82, 2.24) is 15.3 Å². The van der Waals surface area contributed by atoms with E-state index < -0.39 is 0 Å². The van der Waals surface area contributed by atoms with Gasteiger partial charge >= 0.3 is 0 Å². The average Bonchev–Trinajstić information content (AvgIpc) is 2.25. The summed E-state index contributed by atoms with van der Waals surface area (Å²) in [5.41, 5.74) is 1.62. The summed E-state index contributed by atoms with van der Waals surface area (Å²) in [5.74, 6) is -0.263. The highest BCUT2D eigenvalue weighted by Gasteiger charge is 2.03. The number of nitrogens with one attached hydrogen (secondary N) is 1. The van der Waals surface area contributed by atoms with Gasteiger partial charge < -0.3 is 5.32 Å². The van der Waals surface area contributed by atoms with E-state index in [1.54, 1.807) is 6.07 Å². The highest BCUT2D eigenvalue weighted by Crippen LogP contribution is 2.15. The Kier molecular flexibility index (Phi) is 2.87. The van der Waals surface area contributed by atoms with E-state index in [-0.39, 0.29) is 5.82 Å². The predicted octanol–water partition coefficient (Wildman–Crippen LogP) is 1.53. The first-order valence-electron chi connectivity index (χ1n) is 4.85. The number of hydrogen-bond donors (Lipinski definition) is 1. The number of hydrogen-bond acceptors (Lipinski definition) is 3. The third-order valence-corrected chi connectivity index (χ3v) is 2.29. The molecule has 2 rings (SSSR count). The first-order valence-corrected chi connectivity index (χ1v) is 4.85. The Bertz CT molecular complexity index is 470. The summed E-state index contributed by atoms with van der Waals surface area (Å²) in [6, 6.07) is 4.60. The second kappa shape index (κ2) is 4.31. The molecule has 0 saturated carbocycles. The van der Waals surface area contributed by atoms with E-state index in [4.69, 9.17) is 0 Å². The molecule has 1 N–H and O–H groups in total. The third-order valence-electron chi connectivity index (χ3n) is 2.29. The lowest BCUT2D eigenvalue weighted by atomic mass is 10.1. The van der Waals surface area contributed by atoms with Crippen molar-refractivity contribution in [2.75, 3.05) is 13.6 Å². The van der Waals surface area contributed by atoms with Crippen LogP contribution in [0.1, 0.15) is 5.69 Å². The van der Waals surface area contributed by atoms with Gasteiger partial charge in [-0.15, -0.1) is 0 Å². The Balaban J connectivity index is 2.46. The number of fused-ring (bicyclic) bond motifs is 1. The van der Waals surface area contributed by atoms with Crippen LogP contribution in [0.3, 0.4) is 0 Å². The van der Waals surface area contributed by atoms with Crippen LogP contribution in [0.5, 0.6) is 0 Å². The molecule has 0 aliphatic rings. The van der Waals surface area contributed by atoms with Crippen molar-refractivity contribution < 1.29 is 4.39 Å². The number of benzene rings is 1. The summed E-state index contributed by atoms with van der Waals surface area (Å²) in [6.07, 6.45) is 2.30.